The third kappa shape index (κ3) is 1.83. The molecule has 0 amide bonds. The van der Waals surface area contributed by atoms with Crippen LogP contribution in [0.2, 0.25) is 0 Å². The molecule has 84 valence electrons. The molecular weight excluding hydrogens is 292 g/mol. The number of nitrogens with zero attached hydrogens (tertiary/aromatic N) is 2. The number of halogens is 1. The molecule has 0 atom stereocenters. The molecule has 0 aliphatic carbocycles. The summed E-state index contributed by atoms with van der Waals surface area (Å²) in [7, 11) is 1.61. The van der Waals surface area contributed by atoms with Crippen molar-refractivity contribution in [3.05, 3.63) is 27.4 Å². The first-order valence-electron chi connectivity index (χ1n) is 4.40. The van der Waals surface area contributed by atoms with Crippen LogP contribution in [0, 0.1) is 4.77 Å². The first kappa shape index (κ1) is 11.2. The molecule has 0 saturated heterocycles. The lowest BCUT2D eigenvalue weighted by Crippen LogP contribution is -2.01. The van der Waals surface area contributed by atoms with Crippen molar-refractivity contribution in [2.75, 3.05) is 12.8 Å². The maximum atomic E-state index is 5.70. The fourth-order valence-electron chi connectivity index (χ4n) is 1.35. The summed E-state index contributed by atoms with van der Waals surface area (Å²) in [4.78, 5) is 0. The minimum Gasteiger partial charge on any atom is -0.496 e. The number of H-pyrrole nitrogens is 1. The Morgan fingerprint density at radius 2 is 2.31 bits per heavy atom. The summed E-state index contributed by atoms with van der Waals surface area (Å²) in [5.74, 6) is 1.07. The van der Waals surface area contributed by atoms with E-state index in [9.17, 15) is 0 Å². The second kappa shape index (κ2) is 4.26. The fraction of sp³-hybridized carbons (Fsp3) is 0.111. The van der Waals surface area contributed by atoms with E-state index in [1.54, 1.807) is 11.7 Å². The third-order valence-corrected chi connectivity index (χ3v) is 2.99. The number of hydrogen-bond acceptors (Lipinski definition) is 4. The molecule has 7 heteroatoms. The first-order chi connectivity index (χ1) is 7.63. The molecule has 0 unspecified atom stereocenters. The molecule has 5 nitrogen and oxygen atoms in total. The molecule has 0 bridgehead atoms. The number of anilines is 1. The number of benzene rings is 1. The zero-order valence-corrected chi connectivity index (χ0v) is 10.8. The quantitative estimate of drug-likeness (QED) is 0.835. The van der Waals surface area contributed by atoms with E-state index in [1.165, 1.54) is 0 Å². The maximum absolute atomic E-state index is 5.70. The molecule has 1 heterocycles. The average Bonchev–Trinajstić information content (AvgIpc) is 2.58. The molecule has 0 aliphatic rings. The Morgan fingerprint density at radius 1 is 1.56 bits per heavy atom. The van der Waals surface area contributed by atoms with Crippen LogP contribution < -0.4 is 10.5 Å². The van der Waals surface area contributed by atoms with Gasteiger partial charge < -0.3 is 10.5 Å². The minimum atomic E-state index is 0.321. The van der Waals surface area contributed by atoms with Crippen molar-refractivity contribution in [3.8, 4) is 11.4 Å². The van der Waals surface area contributed by atoms with Crippen LogP contribution in [-0.4, -0.2) is 21.9 Å². The third-order valence-electron chi connectivity index (χ3n) is 2.09. The zero-order chi connectivity index (χ0) is 11.7. The van der Waals surface area contributed by atoms with Crippen molar-refractivity contribution in [2.24, 2.45) is 0 Å². The fourth-order valence-corrected chi connectivity index (χ4v) is 2.13. The predicted molar refractivity (Wildman–Crippen MR) is 67.4 cm³/mol. The number of nitrogen functional groups attached to an aromatic ring is 1. The summed E-state index contributed by atoms with van der Waals surface area (Å²) >= 11 is 8.48. The predicted octanol–water partition coefficient (Wildman–Crippen LogP) is 2.28. The van der Waals surface area contributed by atoms with E-state index in [1.807, 2.05) is 18.2 Å². The number of nitrogens with one attached hydrogen (secondary N) is 1. The van der Waals surface area contributed by atoms with E-state index in [2.05, 4.69) is 26.1 Å². The maximum Gasteiger partial charge on any atom is 0.225 e. The second-order valence-electron chi connectivity index (χ2n) is 3.04. The van der Waals surface area contributed by atoms with Gasteiger partial charge in [-0.25, -0.2) is 5.10 Å². The highest BCUT2D eigenvalue weighted by Gasteiger charge is 2.07. The number of aromatic nitrogens is 3. The Hall–Kier alpha value is -1.34. The Balaban J connectivity index is 2.58. The highest BCUT2D eigenvalue weighted by Crippen LogP contribution is 2.27. The molecule has 1 aromatic carbocycles. The van der Waals surface area contributed by atoms with Gasteiger partial charge in [-0.15, -0.1) is 5.10 Å². The van der Waals surface area contributed by atoms with Crippen LogP contribution in [-0.2, 0) is 0 Å². The summed E-state index contributed by atoms with van der Waals surface area (Å²) < 4.78 is 8.06. The molecule has 2 rings (SSSR count). The largest absolute Gasteiger partial charge is 0.496 e. The van der Waals surface area contributed by atoms with E-state index in [-0.39, 0.29) is 0 Å². The number of ether oxygens (including phenoxy) is 1. The van der Waals surface area contributed by atoms with Crippen molar-refractivity contribution in [2.45, 2.75) is 0 Å². The van der Waals surface area contributed by atoms with E-state index in [4.69, 9.17) is 22.7 Å². The molecule has 1 aromatic heterocycles. The molecule has 0 fully saturated rings. The standard InChI is InChI=1S/C9H9BrN4OS/c1-15-7-3-2-5(4-6(7)10)14-8(11)12-13-9(14)16/h2-4H,1H3,(H2,11,12)(H,13,16). The molecule has 0 radical (unpaired) electrons. The van der Waals surface area contributed by atoms with Crippen LogP contribution >= 0.6 is 28.1 Å². The Morgan fingerprint density at radius 3 is 2.81 bits per heavy atom. The van der Waals surface area contributed by atoms with E-state index < -0.39 is 0 Å². The van der Waals surface area contributed by atoms with Crippen molar-refractivity contribution < 1.29 is 4.74 Å². The van der Waals surface area contributed by atoms with Crippen LogP contribution in [0.25, 0.3) is 5.69 Å². The number of rotatable bonds is 2. The lowest BCUT2D eigenvalue weighted by Gasteiger charge is -2.07. The van der Waals surface area contributed by atoms with Gasteiger partial charge in [0.2, 0.25) is 10.7 Å². The van der Waals surface area contributed by atoms with Gasteiger partial charge >= 0.3 is 0 Å². The highest BCUT2D eigenvalue weighted by atomic mass is 79.9. The van der Waals surface area contributed by atoms with Gasteiger partial charge in [0.05, 0.1) is 17.3 Å². The lowest BCUT2D eigenvalue weighted by molar-refractivity contribution is 0.412. The number of methoxy groups -OCH3 is 1. The Kier molecular flexibility index (Phi) is 2.97. The van der Waals surface area contributed by atoms with Crippen molar-refractivity contribution in [3.63, 3.8) is 0 Å². The normalized spacial score (nSPS) is 10.4. The van der Waals surface area contributed by atoms with Crippen LogP contribution in [0.5, 0.6) is 5.75 Å². The zero-order valence-electron chi connectivity index (χ0n) is 8.40. The van der Waals surface area contributed by atoms with Gasteiger partial charge in [0.15, 0.2) is 0 Å². The Bertz CT molecular complexity index is 577. The number of aromatic amines is 1. The number of hydrogen-bond donors (Lipinski definition) is 2. The van der Waals surface area contributed by atoms with Gasteiger partial charge in [-0.05, 0) is 46.3 Å². The summed E-state index contributed by atoms with van der Waals surface area (Å²) in [6.07, 6.45) is 0. The smallest absolute Gasteiger partial charge is 0.225 e. The summed E-state index contributed by atoms with van der Waals surface area (Å²) in [6.45, 7) is 0. The summed E-state index contributed by atoms with van der Waals surface area (Å²) in [5.41, 5.74) is 6.52. The first-order valence-corrected chi connectivity index (χ1v) is 5.60. The topological polar surface area (TPSA) is 68.9 Å². The average molecular weight is 301 g/mol. The van der Waals surface area contributed by atoms with Crippen molar-refractivity contribution in [1.29, 1.82) is 0 Å². The van der Waals surface area contributed by atoms with Crippen LogP contribution in [0.15, 0.2) is 22.7 Å². The van der Waals surface area contributed by atoms with E-state index >= 15 is 0 Å². The van der Waals surface area contributed by atoms with Crippen LogP contribution in [0.3, 0.4) is 0 Å². The number of nitrogens with two attached hydrogens (primary N) is 1. The molecule has 0 aliphatic heterocycles. The monoisotopic (exact) mass is 300 g/mol. The van der Waals surface area contributed by atoms with Gasteiger partial charge in [-0.2, -0.15) is 0 Å². The Labute approximate surface area is 105 Å². The highest BCUT2D eigenvalue weighted by molar-refractivity contribution is 9.10. The molecule has 2 aromatic rings. The van der Waals surface area contributed by atoms with Crippen LogP contribution in [0.1, 0.15) is 0 Å². The van der Waals surface area contributed by atoms with Gasteiger partial charge in [0, 0.05) is 0 Å². The molecule has 3 N–H and O–H groups in total. The molecule has 0 saturated carbocycles. The van der Waals surface area contributed by atoms with E-state index in [0.29, 0.717) is 10.7 Å². The van der Waals surface area contributed by atoms with Crippen LogP contribution in [0.4, 0.5) is 5.95 Å². The summed E-state index contributed by atoms with van der Waals surface area (Å²) in [5, 5.41) is 6.47. The second-order valence-corrected chi connectivity index (χ2v) is 4.28. The summed E-state index contributed by atoms with van der Waals surface area (Å²) in [6, 6.07) is 5.54. The molecular formula is C9H9BrN4OS. The van der Waals surface area contributed by atoms with Crippen molar-refractivity contribution in [1.82, 2.24) is 14.8 Å². The lowest BCUT2D eigenvalue weighted by atomic mass is 10.3. The van der Waals surface area contributed by atoms with Gasteiger partial charge in [0.25, 0.3) is 0 Å². The molecule has 16 heavy (non-hydrogen) atoms. The van der Waals surface area contributed by atoms with Gasteiger partial charge in [0.1, 0.15) is 5.75 Å². The SMILES string of the molecule is COc1ccc(-n2c(N)n[nH]c2=S)cc1Br. The van der Waals surface area contributed by atoms with Gasteiger partial charge in [-0.1, -0.05) is 0 Å². The molecule has 0 spiro atoms. The van der Waals surface area contributed by atoms with E-state index in [0.717, 1.165) is 15.9 Å². The van der Waals surface area contributed by atoms with Gasteiger partial charge in [-0.3, -0.25) is 4.57 Å². The minimum absolute atomic E-state index is 0.321. The van der Waals surface area contributed by atoms with Crippen molar-refractivity contribution >= 4 is 34.1 Å².